The second-order valence-electron chi connectivity index (χ2n) is 5.21. The SMILES string of the molecule is CNc1cc(C)ncc1C(=O)NCC1(C)CCCO1. The van der Waals surface area contributed by atoms with Gasteiger partial charge < -0.3 is 15.4 Å². The Hall–Kier alpha value is -1.62. The van der Waals surface area contributed by atoms with E-state index in [0.29, 0.717) is 12.1 Å². The van der Waals surface area contributed by atoms with Crippen molar-refractivity contribution in [3.63, 3.8) is 0 Å². The molecule has 0 saturated carbocycles. The van der Waals surface area contributed by atoms with Gasteiger partial charge in [0, 0.05) is 32.1 Å². The smallest absolute Gasteiger partial charge is 0.255 e. The average Bonchev–Trinajstić information content (AvgIpc) is 2.83. The van der Waals surface area contributed by atoms with Gasteiger partial charge in [0.15, 0.2) is 0 Å². The van der Waals surface area contributed by atoms with E-state index in [1.807, 2.05) is 19.9 Å². The molecule has 5 heteroatoms. The molecule has 1 aromatic heterocycles. The Morgan fingerprint density at radius 1 is 1.58 bits per heavy atom. The summed E-state index contributed by atoms with van der Waals surface area (Å²) in [6.45, 7) is 5.24. The number of nitrogens with zero attached hydrogens (tertiary/aromatic N) is 1. The van der Waals surface area contributed by atoms with Crippen molar-refractivity contribution >= 4 is 11.6 Å². The molecule has 1 fully saturated rings. The third-order valence-electron chi connectivity index (χ3n) is 3.48. The molecule has 1 aliphatic rings. The van der Waals surface area contributed by atoms with Gasteiger partial charge in [0.25, 0.3) is 5.91 Å². The Labute approximate surface area is 113 Å². The fourth-order valence-corrected chi connectivity index (χ4v) is 2.29. The average molecular weight is 263 g/mol. The summed E-state index contributed by atoms with van der Waals surface area (Å²) >= 11 is 0. The minimum atomic E-state index is -0.229. The van der Waals surface area contributed by atoms with Gasteiger partial charge in [-0.15, -0.1) is 0 Å². The topological polar surface area (TPSA) is 63.2 Å². The molecule has 19 heavy (non-hydrogen) atoms. The summed E-state index contributed by atoms with van der Waals surface area (Å²) in [6.07, 6.45) is 3.65. The van der Waals surface area contributed by atoms with Crippen molar-refractivity contribution in [1.29, 1.82) is 0 Å². The number of amides is 1. The van der Waals surface area contributed by atoms with Crippen LogP contribution in [0.25, 0.3) is 0 Å². The Morgan fingerprint density at radius 2 is 2.37 bits per heavy atom. The van der Waals surface area contributed by atoms with Crippen LogP contribution in [0.2, 0.25) is 0 Å². The Balaban J connectivity index is 2.03. The molecule has 0 spiro atoms. The van der Waals surface area contributed by atoms with Gasteiger partial charge in [0.1, 0.15) is 0 Å². The molecule has 1 unspecified atom stereocenters. The molecule has 5 nitrogen and oxygen atoms in total. The molecular weight excluding hydrogens is 242 g/mol. The summed E-state index contributed by atoms with van der Waals surface area (Å²) in [6, 6.07) is 1.86. The first-order valence-corrected chi connectivity index (χ1v) is 6.61. The van der Waals surface area contributed by atoms with Crippen molar-refractivity contribution in [3.8, 4) is 0 Å². The van der Waals surface area contributed by atoms with Crippen LogP contribution in [0, 0.1) is 6.92 Å². The van der Waals surface area contributed by atoms with Crippen LogP contribution in [0.15, 0.2) is 12.3 Å². The lowest BCUT2D eigenvalue weighted by atomic mass is 10.0. The molecule has 2 heterocycles. The van der Waals surface area contributed by atoms with Gasteiger partial charge in [0.05, 0.1) is 16.9 Å². The highest BCUT2D eigenvalue weighted by atomic mass is 16.5. The van der Waals surface area contributed by atoms with Crippen molar-refractivity contribution in [2.45, 2.75) is 32.3 Å². The van der Waals surface area contributed by atoms with Crippen molar-refractivity contribution in [3.05, 3.63) is 23.5 Å². The summed E-state index contributed by atoms with van der Waals surface area (Å²) in [5, 5.41) is 5.95. The molecule has 1 saturated heterocycles. The number of carbonyl (C=O) groups excluding carboxylic acids is 1. The highest BCUT2D eigenvalue weighted by Crippen LogP contribution is 2.24. The number of anilines is 1. The van der Waals surface area contributed by atoms with E-state index >= 15 is 0 Å². The van der Waals surface area contributed by atoms with Crippen molar-refractivity contribution in [2.75, 3.05) is 25.5 Å². The quantitative estimate of drug-likeness (QED) is 0.868. The number of hydrogen-bond acceptors (Lipinski definition) is 4. The second-order valence-corrected chi connectivity index (χ2v) is 5.21. The largest absolute Gasteiger partial charge is 0.387 e. The van der Waals surface area contributed by atoms with Crippen molar-refractivity contribution < 1.29 is 9.53 Å². The molecular formula is C14H21N3O2. The van der Waals surface area contributed by atoms with Gasteiger partial charge in [-0.05, 0) is 32.8 Å². The standard InChI is InChI=1S/C14H21N3O2/c1-10-7-12(15-3)11(8-16-10)13(18)17-9-14(2)5-4-6-19-14/h7-8H,4-6,9H2,1-3H3,(H,15,16)(H,17,18). The van der Waals surface area contributed by atoms with Crippen molar-refractivity contribution in [1.82, 2.24) is 10.3 Å². The van der Waals surface area contributed by atoms with Crippen molar-refractivity contribution in [2.24, 2.45) is 0 Å². The summed E-state index contributed by atoms with van der Waals surface area (Å²) in [4.78, 5) is 16.4. The van der Waals surface area contributed by atoms with Gasteiger partial charge >= 0.3 is 0 Å². The number of pyridine rings is 1. The number of hydrogen-bond donors (Lipinski definition) is 2. The molecule has 0 aliphatic carbocycles. The van der Waals surface area contributed by atoms with E-state index in [9.17, 15) is 4.79 Å². The fourth-order valence-electron chi connectivity index (χ4n) is 2.29. The monoisotopic (exact) mass is 263 g/mol. The summed E-state index contributed by atoms with van der Waals surface area (Å²) in [5.74, 6) is -0.117. The maximum atomic E-state index is 12.2. The van der Waals surface area contributed by atoms with Crippen LogP contribution in [-0.4, -0.2) is 36.7 Å². The molecule has 0 aromatic carbocycles. The maximum absolute atomic E-state index is 12.2. The maximum Gasteiger partial charge on any atom is 0.255 e. The second kappa shape index (κ2) is 5.57. The first-order chi connectivity index (χ1) is 9.04. The number of nitrogens with one attached hydrogen (secondary N) is 2. The molecule has 0 bridgehead atoms. The molecule has 2 rings (SSSR count). The summed E-state index contributed by atoms with van der Waals surface area (Å²) < 4.78 is 5.66. The zero-order valence-corrected chi connectivity index (χ0v) is 11.7. The van der Waals surface area contributed by atoms with Gasteiger partial charge in [-0.3, -0.25) is 9.78 Å². The molecule has 1 atom stereocenters. The first-order valence-electron chi connectivity index (χ1n) is 6.61. The molecule has 1 aliphatic heterocycles. The van der Waals surface area contributed by atoms with Crippen LogP contribution in [0.3, 0.4) is 0 Å². The predicted octanol–water partition coefficient (Wildman–Crippen LogP) is 1.73. The Morgan fingerprint density at radius 3 is 3.00 bits per heavy atom. The van der Waals surface area contributed by atoms with E-state index in [1.54, 1.807) is 13.2 Å². The molecule has 104 valence electrons. The molecule has 1 amide bonds. The van der Waals surface area contributed by atoms with Crippen LogP contribution < -0.4 is 10.6 Å². The molecule has 0 radical (unpaired) electrons. The number of carbonyl (C=O) groups is 1. The summed E-state index contributed by atoms with van der Waals surface area (Å²) in [5.41, 5.74) is 2.01. The van der Waals surface area contributed by atoms with Gasteiger partial charge in [0.2, 0.25) is 0 Å². The number of aryl methyl sites for hydroxylation is 1. The number of aromatic nitrogens is 1. The van der Waals surface area contributed by atoms with E-state index < -0.39 is 0 Å². The minimum Gasteiger partial charge on any atom is -0.387 e. The van der Waals surface area contributed by atoms with Crippen LogP contribution in [-0.2, 0) is 4.74 Å². The van der Waals surface area contributed by atoms with E-state index in [-0.39, 0.29) is 11.5 Å². The Bertz CT molecular complexity index is 468. The molecule has 1 aromatic rings. The minimum absolute atomic E-state index is 0.117. The molecule has 2 N–H and O–H groups in total. The third-order valence-corrected chi connectivity index (χ3v) is 3.48. The third kappa shape index (κ3) is 3.23. The zero-order chi connectivity index (χ0) is 13.9. The van der Waals surface area contributed by atoms with Crippen LogP contribution in [0.5, 0.6) is 0 Å². The van der Waals surface area contributed by atoms with E-state index in [4.69, 9.17) is 4.74 Å². The number of ether oxygens (including phenoxy) is 1. The van der Waals surface area contributed by atoms with Gasteiger partial charge in [-0.2, -0.15) is 0 Å². The van der Waals surface area contributed by atoms with Crippen LogP contribution in [0.4, 0.5) is 5.69 Å². The Kier molecular flexibility index (Phi) is 4.04. The number of rotatable bonds is 4. The lowest BCUT2D eigenvalue weighted by Crippen LogP contribution is -2.40. The van der Waals surface area contributed by atoms with Crippen LogP contribution in [0.1, 0.15) is 35.8 Å². The lowest BCUT2D eigenvalue weighted by Gasteiger charge is -2.23. The van der Waals surface area contributed by atoms with Crippen LogP contribution >= 0.6 is 0 Å². The summed E-state index contributed by atoms with van der Waals surface area (Å²) in [7, 11) is 1.80. The first kappa shape index (κ1) is 13.8. The highest BCUT2D eigenvalue weighted by molar-refractivity contribution is 5.99. The lowest BCUT2D eigenvalue weighted by molar-refractivity contribution is 0.0206. The highest BCUT2D eigenvalue weighted by Gasteiger charge is 2.30. The van der Waals surface area contributed by atoms with E-state index in [1.165, 1.54) is 0 Å². The van der Waals surface area contributed by atoms with E-state index in [2.05, 4.69) is 15.6 Å². The van der Waals surface area contributed by atoms with Gasteiger partial charge in [-0.1, -0.05) is 0 Å². The van der Waals surface area contributed by atoms with E-state index in [0.717, 1.165) is 30.8 Å². The zero-order valence-electron chi connectivity index (χ0n) is 11.7. The normalized spacial score (nSPS) is 22.3. The fraction of sp³-hybridized carbons (Fsp3) is 0.571. The van der Waals surface area contributed by atoms with Gasteiger partial charge in [-0.25, -0.2) is 0 Å². The predicted molar refractivity (Wildman–Crippen MR) is 74.4 cm³/mol.